The molecule has 1 aromatic heterocycles. The Bertz CT molecular complexity index is 972. The zero-order chi connectivity index (χ0) is 16.4. The summed E-state index contributed by atoms with van der Waals surface area (Å²) in [4.78, 5) is 27.3. The summed E-state index contributed by atoms with van der Waals surface area (Å²) in [5.41, 5.74) is 2.24. The number of aromatic nitrogens is 1. The number of halogens is 1. The van der Waals surface area contributed by atoms with Crippen LogP contribution in [0.5, 0.6) is 0 Å². The molecule has 114 valence electrons. The van der Waals surface area contributed by atoms with E-state index in [1.54, 1.807) is 43.3 Å². The van der Waals surface area contributed by atoms with E-state index in [2.05, 4.69) is 4.98 Å². The van der Waals surface area contributed by atoms with Crippen LogP contribution in [0, 0.1) is 6.92 Å². The van der Waals surface area contributed by atoms with Crippen LogP contribution < -0.4 is 5.76 Å². The Morgan fingerprint density at radius 3 is 2.65 bits per heavy atom. The van der Waals surface area contributed by atoms with Crippen LogP contribution in [0.25, 0.3) is 17.0 Å². The number of ketones is 1. The van der Waals surface area contributed by atoms with Crippen LogP contribution in [0.3, 0.4) is 0 Å². The lowest BCUT2D eigenvalue weighted by Gasteiger charge is -2.01. The van der Waals surface area contributed by atoms with Gasteiger partial charge < -0.3 is 4.42 Å². The lowest BCUT2D eigenvalue weighted by molar-refractivity contribution is 0.104. The summed E-state index contributed by atoms with van der Waals surface area (Å²) < 4.78 is 5.05. The van der Waals surface area contributed by atoms with Crippen molar-refractivity contribution < 1.29 is 9.21 Å². The number of hydrogen-bond acceptors (Lipinski definition) is 4. The molecule has 4 nitrogen and oxygen atoms in total. The first-order valence-electron chi connectivity index (χ1n) is 6.92. The molecule has 0 atom stereocenters. The van der Waals surface area contributed by atoms with Gasteiger partial charge in [0, 0.05) is 16.0 Å². The summed E-state index contributed by atoms with van der Waals surface area (Å²) in [5, 5.41) is 1.35. The first kappa shape index (κ1) is 15.2. The maximum atomic E-state index is 12.3. The second kappa shape index (κ2) is 6.18. The predicted molar refractivity (Wildman–Crippen MR) is 89.8 cm³/mol. The normalized spacial score (nSPS) is 11.2. The quantitative estimate of drug-likeness (QED) is 0.538. The van der Waals surface area contributed by atoms with Gasteiger partial charge in [0.05, 0.1) is 5.69 Å². The van der Waals surface area contributed by atoms with E-state index in [1.165, 1.54) is 6.08 Å². The molecular weight excluding hydrogens is 314 g/mol. The highest BCUT2D eigenvalue weighted by Gasteiger charge is 2.08. The highest BCUT2D eigenvalue weighted by molar-refractivity contribution is 6.30. The average Bonchev–Trinajstić information content (AvgIpc) is 2.53. The Balaban J connectivity index is 1.91. The third-order valence-electron chi connectivity index (χ3n) is 3.41. The Kier molecular flexibility index (Phi) is 4.08. The minimum Gasteiger partial charge on any atom is -0.408 e. The minimum atomic E-state index is -0.670. The number of fused-ring (bicyclic) bond motifs is 1. The second-order valence-corrected chi connectivity index (χ2v) is 5.46. The molecule has 2 aromatic carbocycles. The van der Waals surface area contributed by atoms with E-state index in [9.17, 15) is 9.59 Å². The Morgan fingerprint density at radius 1 is 1.17 bits per heavy atom. The van der Waals surface area contributed by atoms with Gasteiger partial charge in [0.15, 0.2) is 5.78 Å². The molecule has 0 fully saturated rings. The van der Waals surface area contributed by atoms with Crippen LogP contribution in [0.1, 0.15) is 21.6 Å². The molecule has 3 rings (SSSR count). The van der Waals surface area contributed by atoms with Crippen molar-refractivity contribution >= 4 is 34.4 Å². The van der Waals surface area contributed by atoms with E-state index >= 15 is 0 Å². The van der Waals surface area contributed by atoms with Crippen molar-refractivity contribution in [2.45, 2.75) is 6.92 Å². The Morgan fingerprint density at radius 2 is 1.91 bits per heavy atom. The molecule has 0 aliphatic rings. The SMILES string of the molecule is Cc1nc(=O)oc2cc(C(=O)C=Cc3ccc(Cl)cc3)ccc12. The molecule has 5 heteroatoms. The standard InChI is InChI=1S/C18H12ClNO3/c1-11-15-8-5-13(10-17(15)23-18(22)20-11)16(21)9-4-12-2-6-14(19)7-3-12/h2-10H,1H3. The highest BCUT2D eigenvalue weighted by atomic mass is 35.5. The maximum Gasteiger partial charge on any atom is 0.439 e. The van der Waals surface area contributed by atoms with Crippen LogP contribution in [-0.2, 0) is 0 Å². The zero-order valence-electron chi connectivity index (χ0n) is 12.2. The van der Waals surface area contributed by atoms with Crippen molar-refractivity contribution in [1.82, 2.24) is 4.98 Å². The lowest BCUT2D eigenvalue weighted by atomic mass is 10.1. The van der Waals surface area contributed by atoms with Crippen LogP contribution in [0.2, 0.25) is 5.02 Å². The third-order valence-corrected chi connectivity index (χ3v) is 3.66. The smallest absolute Gasteiger partial charge is 0.408 e. The Labute approximate surface area is 137 Å². The summed E-state index contributed by atoms with van der Waals surface area (Å²) in [6.45, 7) is 1.72. The number of rotatable bonds is 3. The van der Waals surface area contributed by atoms with Crippen molar-refractivity contribution in [3.8, 4) is 0 Å². The highest BCUT2D eigenvalue weighted by Crippen LogP contribution is 2.18. The van der Waals surface area contributed by atoms with Crippen molar-refractivity contribution in [2.24, 2.45) is 0 Å². The largest absolute Gasteiger partial charge is 0.439 e. The van der Waals surface area contributed by atoms with Gasteiger partial charge >= 0.3 is 5.76 Å². The fourth-order valence-electron chi connectivity index (χ4n) is 2.22. The molecule has 0 bridgehead atoms. The second-order valence-electron chi connectivity index (χ2n) is 5.03. The first-order valence-corrected chi connectivity index (χ1v) is 7.30. The maximum absolute atomic E-state index is 12.3. The van der Waals surface area contributed by atoms with Gasteiger partial charge in [-0.15, -0.1) is 0 Å². The van der Waals surface area contributed by atoms with Crippen LogP contribution in [0.15, 0.2) is 57.8 Å². The number of carbonyl (C=O) groups is 1. The summed E-state index contributed by atoms with van der Waals surface area (Å²) >= 11 is 5.82. The van der Waals surface area contributed by atoms with Crippen LogP contribution in [0.4, 0.5) is 0 Å². The van der Waals surface area contributed by atoms with E-state index in [4.69, 9.17) is 16.0 Å². The predicted octanol–water partition coefficient (Wildman–Crippen LogP) is 4.05. The molecule has 0 saturated heterocycles. The summed E-state index contributed by atoms with van der Waals surface area (Å²) in [6.07, 6.45) is 3.17. The van der Waals surface area contributed by atoms with Crippen molar-refractivity contribution in [1.29, 1.82) is 0 Å². The van der Waals surface area contributed by atoms with Crippen molar-refractivity contribution in [3.05, 3.63) is 80.9 Å². The van der Waals surface area contributed by atoms with Gasteiger partial charge in [-0.3, -0.25) is 4.79 Å². The van der Waals surface area contributed by atoms with E-state index in [0.717, 1.165) is 5.56 Å². The summed E-state index contributed by atoms with van der Waals surface area (Å²) in [5.74, 6) is -0.852. The Hall–Kier alpha value is -2.72. The van der Waals surface area contributed by atoms with E-state index in [1.807, 2.05) is 12.1 Å². The lowest BCUT2D eigenvalue weighted by Crippen LogP contribution is -2.06. The van der Waals surface area contributed by atoms with Gasteiger partial charge in [-0.05, 0) is 42.8 Å². The molecule has 0 spiro atoms. The van der Waals surface area contributed by atoms with E-state index in [-0.39, 0.29) is 5.78 Å². The van der Waals surface area contributed by atoms with Crippen molar-refractivity contribution in [2.75, 3.05) is 0 Å². The fourth-order valence-corrected chi connectivity index (χ4v) is 2.34. The number of carbonyl (C=O) groups excluding carboxylic acids is 1. The number of allylic oxidation sites excluding steroid dienone is 1. The third kappa shape index (κ3) is 3.38. The number of nitrogens with zero attached hydrogens (tertiary/aromatic N) is 1. The molecule has 0 N–H and O–H groups in total. The van der Waals surface area contributed by atoms with Gasteiger partial charge in [0.2, 0.25) is 0 Å². The molecule has 0 saturated carbocycles. The molecule has 23 heavy (non-hydrogen) atoms. The first-order chi connectivity index (χ1) is 11.0. The van der Waals surface area contributed by atoms with Crippen LogP contribution >= 0.6 is 11.6 Å². The van der Waals surface area contributed by atoms with Crippen molar-refractivity contribution in [3.63, 3.8) is 0 Å². The van der Waals surface area contributed by atoms with E-state index < -0.39 is 5.76 Å². The molecular formula is C18H12ClNO3. The minimum absolute atomic E-state index is 0.182. The summed E-state index contributed by atoms with van der Waals surface area (Å²) in [7, 11) is 0. The molecule has 0 aliphatic heterocycles. The van der Waals surface area contributed by atoms with E-state index in [0.29, 0.717) is 27.2 Å². The average molecular weight is 326 g/mol. The van der Waals surface area contributed by atoms with Gasteiger partial charge in [0.1, 0.15) is 5.58 Å². The molecule has 1 heterocycles. The molecule has 0 unspecified atom stereocenters. The molecule has 3 aromatic rings. The molecule has 0 amide bonds. The number of aryl methyl sites for hydroxylation is 1. The number of hydrogen-bond donors (Lipinski definition) is 0. The van der Waals surface area contributed by atoms with Gasteiger partial charge in [-0.1, -0.05) is 35.9 Å². The topological polar surface area (TPSA) is 60.2 Å². The van der Waals surface area contributed by atoms with Gasteiger partial charge in [0.25, 0.3) is 0 Å². The fraction of sp³-hybridized carbons (Fsp3) is 0.0556. The molecule has 0 aliphatic carbocycles. The van der Waals surface area contributed by atoms with Gasteiger partial charge in [-0.2, -0.15) is 4.98 Å². The molecule has 0 radical (unpaired) electrons. The van der Waals surface area contributed by atoms with Gasteiger partial charge in [-0.25, -0.2) is 4.79 Å². The zero-order valence-corrected chi connectivity index (χ0v) is 13.0. The number of benzene rings is 2. The summed E-state index contributed by atoms with van der Waals surface area (Å²) in [6, 6.07) is 12.1. The monoisotopic (exact) mass is 325 g/mol. The van der Waals surface area contributed by atoms with Crippen LogP contribution in [-0.4, -0.2) is 10.8 Å².